The summed E-state index contributed by atoms with van der Waals surface area (Å²) in [5.74, 6) is -0.714. The highest BCUT2D eigenvalue weighted by Gasteiger charge is 2.39. The Balaban J connectivity index is 0.000000976. The van der Waals surface area contributed by atoms with Crippen LogP contribution in [-0.2, 0) is 39.4 Å². The lowest BCUT2D eigenvalue weighted by Crippen LogP contribution is -2.39. The van der Waals surface area contributed by atoms with Crippen molar-refractivity contribution in [1.82, 2.24) is 4.90 Å². The molecule has 1 amide bonds. The summed E-state index contributed by atoms with van der Waals surface area (Å²) in [7, 11) is 0. The summed E-state index contributed by atoms with van der Waals surface area (Å²) in [6, 6.07) is 2.51. The molecule has 1 aliphatic heterocycles. The highest BCUT2D eigenvalue weighted by molar-refractivity contribution is 5.75. The second kappa shape index (κ2) is 12.2. The lowest BCUT2D eigenvalue weighted by molar-refractivity contribution is -0.143. The van der Waals surface area contributed by atoms with Gasteiger partial charge in [0.1, 0.15) is 0 Å². The summed E-state index contributed by atoms with van der Waals surface area (Å²) in [6.45, 7) is 4.75. The van der Waals surface area contributed by atoms with E-state index in [-0.39, 0.29) is 24.1 Å². The van der Waals surface area contributed by atoms with Crippen molar-refractivity contribution in [3.8, 4) is 0 Å². The molecule has 5 nitrogen and oxygen atoms in total. The maximum atomic E-state index is 13.3. The van der Waals surface area contributed by atoms with Crippen LogP contribution in [-0.4, -0.2) is 29.9 Å². The van der Waals surface area contributed by atoms with Crippen LogP contribution in [0, 0.1) is 0 Å². The largest absolute Gasteiger partial charge is 0.468 e. The zero-order valence-electron chi connectivity index (χ0n) is 20.9. The molecule has 0 saturated carbocycles. The van der Waals surface area contributed by atoms with Gasteiger partial charge in [0.05, 0.1) is 29.3 Å². The van der Waals surface area contributed by atoms with Gasteiger partial charge in [0.25, 0.3) is 6.47 Å². The molecule has 0 saturated heterocycles. The summed E-state index contributed by atoms with van der Waals surface area (Å²) >= 11 is 0. The van der Waals surface area contributed by atoms with Crippen molar-refractivity contribution in [3.63, 3.8) is 0 Å². The Morgan fingerprint density at radius 1 is 0.949 bits per heavy atom. The van der Waals surface area contributed by atoms with Gasteiger partial charge in [0.15, 0.2) is 0 Å². The molecular weight excluding hydrogens is 547 g/mol. The molecular formula is C25H25F9N2O3. The van der Waals surface area contributed by atoms with Gasteiger partial charge in [0, 0.05) is 25.2 Å². The van der Waals surface area contributed by atoms with E-state index in [4.69, 9.17) is 0 Å². The molecule has 216 valence electrons. The number of halogens is 9. The molecule has 2 aromatic rings. The van der Waals surface area contributed by atoms with Gasteiger partial charge in [-0.1, -0.05) is 0 Å². The zero-order valence-corrected chi connectivity index (χ0v) is 20.9. The second-order valence-electron chi connectivity index (χ2n) is 8.71. The topological polar surface area (TPSA) is 58.6 Å². The summed E-state index contributed by atoms with van der Waals surface area (Å²) < 4.78 is 123. The van der Waals surface area contributed by atoms with Crippen molar-refractivity contribution in [2.45, 2.75) is 64.3 Å². The van der Waals surface area contributed by atoms with Crippen molar-refractivity contribution in [3.05, 3.63) is 64.2 Å². The molecule has 3 rings (SSSR count). The summed E-state index contributed by atoms with van der Waals surface area (Å²) in [5, 5.41) is 2.98. The predicted molar refractivity (Wildman–Crippen MR) is 122 cm³/mol. The molecule has 0 unspecified atom stereocenters. The lowest BCUT2D eigenvalue weighted by Gasteiger charge is -2.39. The number of carbonyl (C=O) groups is 2. The highest BCUT2D eigenvalue weighted by Crippen LogP contribution is 2.42. The molecule has 2 atom stereocenters. The van der Waals surface area contributed by atoms with Crippen molar-refractivity contribution in [1.29, 1.82) is 0 Å². The van der Waals surface area contributed by atoms with Crippen LogP contribution in [0.4, 0.5) is 45.2 Å². The molecule has 0 aromatic heterocycles. The van der Waals surface area contributed by atoms with E-state index in [2.05, 4.69) is 10.1 Å². The third kappa shape index (κ3) is 8.52. The number of carbonyl (C=O) groups excluding carboxylic acids is 2. The maximum absolute atomic E-state index is 13.3. The normalized spacial score (nSPS) is 17.2. The zero-order chi connectivity index (χ0) is 29.8. The minimum absolute atomic E-state index is 0.0287. The van der Waals surface area contributed by atoms with Crippen LogP contribution in [0.1, 0.15) is 61.1 Å². The van der Waals surface area contributed by atoms with E-state index in [0.717, 1.165) is 24.0 Å². The van der Waals surface area contributed by atoms with Crippen LogP contribution in [0.2, 0.25) is 0 Å². The molecule has 0 aliphatic carbocycles. The minimum Gasteiger partial charge on any atom is -0.468 e. The Labute approximate surface area is 217 Å². The minimum atomic E-state index is -5.07. The van der Waals surface area contributed by atoms with Crippen LogP contribution in [0.5, 0.6) is 0 Å². The van der Waals surface area contributed by atoms with Crippen molar-refractivity contribution in [2.24, 2.45) is 0 Å². The Kier molecular flexibility index (Phi) is 9.91. The first-order valence-electron chi connectivity index (χ1n) is 11.5. The molecule has 1 aliphatic rings. The number of benzene rings is 2. The molecule has 14 heteroatoms. The van der Waals surface area contributed by atoms with Crippen LogP contribution in [0.3, 0.4) is 0 Å². The van der Waals surface area contributed by atoms with Crippen LogP contribution in [0.25, 0.3) is 0 Å². The van der Waals surface area contributed by atoms with Gasteiger partial charge in [-0.15, -0.1) is 0 Å². The number of rotatable bonds is 5. The van der Waals surface area contributed by atoms with Gasteiger partial charge in [0.2, 0.25) is 5.91 Å². The van der Waals surface area contributed by atoms with E-state index < -0.39 is 59.3 Å². The SMILES string of the molecule is CC(=O)N(Cc1cc(C(F)(F)F)cc(C(F)(F)F)c1)[C@H]1C[C@@H](C)Nc2ccc(C(F)(F)F)cc21.CCOC=O. The number of amides is 1. The summed E-state index contributed by atoms with van der Waals surface area (Å²) in [4.78, 5) is 22.6. The molecule has 0 fully saturated rings. The maximum Gasteiger partial charge on any atom is 0.416 e. The average Bonchev–Trinajstić information content (AvgIpc) is 2.80. The fourth-order valence-electron chi connectivity index (χ4n) is 4.04. The van der Waals surface area contributed by atoms with E-state index in [1.807, 2.05) is 0 Å². The fourth-order valence-corrected chi connectivity index (χ4v) is 4.04. The molecule has 1 heterocycles. The highest BCUT2D eigenvalue weighted by atomic mass is 19.4. The number of alkyl halides is 9. The van der Waals surface area contributed by atoms with Crippen LogP contribution in [0.15, 0.2) is 36.4 Å². The number of hydrogen-bond acceptors (Lipinski definition) is 4. The lowest BCUT2D eigenvalue weighted by atomic mass is 9.90. The van der Waals surface area contributed by atoms with Gasteiger partial charge in [-0.05, 0) is 67.8 Å². The number of ether oxygens (including phenoxy) is 1. The molecule has 39 heavy (non-hydrogen) atoms. The number of hydrogen-bond donors (Lipinski definition) is 1. The van der Waals surface area contributed by atoms with Gasteiger partial charge in [-0.2, -0.15) is 39.5 Å². The predicted octanol–water partition coefficient (Wildman–Crippen LogP) is 7.22. The molecule has 0 bridgehead atoms. The number of nitrogens with zero attached hydrogens (tertiary/aromatic N) is 1. The van der Waals surface area contributed by atoms with E-state index >= 15 is 0 Å². The number of anilines is 1. The first-order chi connectivity index (χ1) is 17.9. The van der Waals surface area contributed by atoms with E-state index in [1.165, 1.54) is 6.07 Å². The second-order valence-corrected chi connectivity index (χ2v) is 8.71. The average molecular weight is 572 g/mol. The van der Waals surface area contributed by atoms with E-state index in [9.17, 15) is 49.1 Å². The Morgan fingerprint density at radius 3 is 1.90 bits per heavy atom. The van der Waals surface area contributed by atoms with Crippen molar-refractivity contribution in [2.75, 3.05) is 11.9 Å². The van der Waals surface area contributed by atoms with Crippen molar-refractivity contribution < 1.29 is 53.8 Å². The standard InChI is InChI=1S/C22H19F9N2O.C3H6O2/c1-11-5-19(17-9-14(20(23,24)25)3-4-18(17)32-11)33(12(2)34)10-13-6-15(21(26,27)28)8-16(7-13)22(29,30)31;1-2-5-3-4/h3-4,6-9,11,19,32H,5,10H2,1-2H3;3H,2H2,1H3/t11-,19+;/m1./s1. The van der Waals surface area contributed by atoms with Gasteiger partial charge in [-0.3, -0.25) is 9.59 Å². The van der Waals surface area contributed by atoms with Crippen molar-refractivity contribution >= 4 is 18.1 Å². The molecule has 1 N–H and O–H groups in total. The number of nitrogens with one attached hydrogen (secondary N) is 1. The number of fused-ring (bicyclic) bond motifs is 1. The van der Waals surface area contributed by atoms with Gasteiger partial charge < -0.3 is 15.0 Å². The van der Waals surface area contributed by atoms with E-state index in [1.54, 1.807) is 13.8 Å². The van der Waals surface area contributed by atoms with Gasteiger partial charge in [-0.25, -0.2) is 0 Å². The molecule has 0 radical (unpaired) electrons. The Morgan fingerprint density at radius 2 is 1.49 bits per heavy atom. The quantitative estimate of drug-likeness (QED) is 0.304. The first-order valence-corrected chi connectivity index (χ1v) is 11.5. The monoisotopic (exact) mass is 572 g/mol. The smallest absolute Gasteiger partial charge is 0.416 e. The third-order valence-corrected chi connectivity index (χ3v) is 5.73. The molecule has 0 spiro atoms. The summed E-state index contributed by atoms with van der Waals surface area (Å²) in [5.41, 5.74) is -4.15. The Hall–Kier alpha value is -3.45. The van der Waals surface area contributed by atoms with E-state index in [0.29, 0.717) is 30.9 Å². The third-order valence-electron chi connectivity index (χ3n) is 5.73. The molecule has 2 aromatic carbocycles. The van der Waals surface area contributed by atoms with Crippen LogP contribution < -0.4 is 5.32 Å². The first kappa shape index (κ1) is 31.8. The van der Waals surface area contributed by atoms with Gasteiger partial charge >= 0.3 is 18.5 Å². The fraction of sp³-hybridized carbons (Fsp3) is 0.440. The van der Waals surface area contributed by atoms with Crippen LogP contribution >= 0.6 is 0 Å². The Bertz CT molecular complexity index is 1130. The summed E-state index contributed by atoms with van der Waals surface area (Å²) in [6.07, 6.45) is -14.7.